The van der Waals surface area contributed by atoms with Crippen molar-refractivity contribution in [3.05, 3.63) is 40.2 Å². The molecule has 10 heteroatoms. The molecule has 1 aromatic carbocycles. The molecule has 180 valence electrons. The second kappa shape index (κ2) is 7.85. The number of carbonyl (C=O) groups excluding carboxylic acids is 3. The number of hydrogen-bond acceptors (Lipinski definition) is 9. The van der Waals surface area contributed by atoms with Gasteiger partial charge in [-0.25, -0.2) is 0 Å². The van der Waals surface area contributed by atoms with Gasteiger partial charge in [0.15, 0.2) is 11.4 Å². The van der Waals surface area contributed by atoms with Crippen molar-refractivity contribution in [1.29, 1.82) is 0 Å². The highest BCUT2D eigenvalue weighted by Crippen LogP contribution is 2.52. The normalized spacial score (nSPS) is 29.4. The second-order valence-electron chi connectivity index (χ2n) is 9.57. The van der Waals surface area contributed by atoms with Crippen molar-refractivity contribution in [1.82, 2.24) is 5.32 Å². The minimum absolute atomic E-state index is 0.103. The molecule has 34 heavy (non-hydrogen) atoms. The van der Waals surface area contributed by atoms with Crippen LogP contribution in [-0.4, -0.2) is 62.6 Å². The van der Waals surface area contributed by atoms with Gasteiger partial charge in [-0.1, -0.05) is 6.07 Å². The zero-order chi connectivity index (χ0) is 24.4. The smallest absolute Gasteiger partial charge is 0.255 e. The van der Waals surface area contributed by atoms with Crippen LogP contribution >= 0.6 is 0 Å². The van der Waals surface area contributed by atoms with Gasteiger partial charge in [-0.05, 0) is 56.3 Å². The molecular weight excluding hydrogens is 442 g/mol. The third-order valence-electron chi connectivity index (χ3n) is 7.63. The molecule has 1 heterocycles. The molecule has 0 bridgehead atoms. The Morgan fingerprint density at radius 3 is 2.50 bits per heavy atom. The number of Topliss-reactive ketones (excluding diaryl/α,β-unsaturated/α-hetero) is 2. The highest BCUT2D eigenvalue weighted by molar-refractivity contribution is 6.22. The molecule has 4 aliphatic rings. The zero-order valence-corrected chi connectivity index (χ0v) is 18.4. The van der Waals surface area contributed by atoms with Crippen molar-refractivity contribution in [3.8, 4) is 5.75 Å². The van der Waals surface area contributed by atoms with Crippen molar-refractivity contribution < 1.29 is 34.8 Å². The van der Waals surface area contributed by atoms with E-state index in [0.29, 0.717) is 17.7 Å². The van der Waals surface area contributed by atoms with E-state index in [2.05, 4.69) is 10.6 Å². The van der Waals surface area contributed by atoms with Gasteiger partial charge in [0, 0.05) is 24.0 Å². The lowest BCUT2D eigenvalue weighted by atomic mass is 9.59. The van der Waals surface area contributed by atoms with E-state index < -0.39 is 52.0 Å². The molecule has 0 spiro atoms. The van der Waals surface area contributed by atoms with Crippen LogP contribution in [0.25, 0.3) is 5.76 Å². The lowest BCUT2D eigenvalue weighted by molar-refractivity contribution is -0.147. The minimum atomic E-state index is -2.55. The number of aliphatic hydroxyl groups is 3. The standard InChI is InChI=1S/C24H27N3O7/c25-23(33)18-15(28)9-12-8-11-7-10-1-2-14(27-13-3-5-26-6-4-13)19(29)16(10)20(30)17(11)21(31)24(12,34)22(18)32/h1-2,11-13,26-27,29-30,32,34H,3-9H2,(H2,25,33). The molecule has 0 aromatic heterocycles. The maximum absolute atomic E-state index is 13.5. The van der Waals surface area contributed by atoms with E-state index in [9.17, 15) is 34.8 Å². The lowest BCUT2D eigenvalue weighted by Crippen LogP contribution is -2.58. The van der Waals surface area contributed by atoms with Crippen LogP contribution < -0.4 is 16.4 Å². The number of hydrogen-bond donors (Lipinski definition) is 7. The molecule has 1 aromatic rings. The van der Waals surface area contributed by atoms with Crippen LogP contribution in [0.1, 0.15) is 36.8 Å². The molecular formula is C24H27N3O7. The van der Waals surface area contributed by atoms with E-state index in [0.717, 1.165) is 25.9 Å². The maximum Gasteiger partial charge on any atom is 0.255 e. The number of piperidine rings is 1. The molecule has 10 nitrogen and oxygen atoms in total. The monoisotopic (exact) mass is 469 g/mol. The number of aromatic hydroxyl groups is 1. The number of benzene rings is 1. The molecule has 3 aliphatic carbocycles. The minimum Gasteiger partial charge on any atom is -0.508 e. The van der Waals surface area contributed by atoms with Gasteiger partial charge in [-0.2, -0.15) is 0 Å². The first-order chi connectivity index (χ1) is 16.1. The number of fused-ring (bicyclic) bond motifs is 3. The number of nitrogens with one attached hydrogen (secondary N) is 2. The average Bonchev–Trinajstić information content (AvgIpc) is 2.78. The van der Waals surface area contributed by atoms with Crippen LogP contribution in [0.5, 0.6) is 5.75 Å². The Labute approximate surface area is 195 Å². The largest absolute Gasteiger partial charge is 0.508 e. The van der Waals surface area contributed by atoms with Crippen molar-refractivity contribution in [2.75, 3.05) is 18.4 Å². The van der Waals surface area contributed by atoms with Crippen LogP contribution in [0, 0.1) is 11.8 Å². The van der Waals surface area contributed by atoms with Crippen LogP contribution in [0.15, 0.2) is 29.0 Å². The number of anilines is 1. The van der Waals surface area contributed by atoms with E-state index in [1.165, 1.54) is 0 Å². The highest BCUT2D eigenvalue weighted by atomic mass is 16.3. The maximum atomic E-state index is 13.5. The fourth-order valence-electron chi connectivity index (χ4n) is 5.90. The number of phenols is 1. The van der Waals surface area contributed by atoms with Crippen LogP contribution in [0.2, 0.25) is 0 Å². The van der Waals surface area contributed by atoms with Gasteiger partial charge >= 0.3 is 0 Å². The Balaban J connectivity index is 1.58. The van der Waals surface area contributed by atoms with Crippen LogP contribution in [0.4, 0.5) is 5.69 Å². The SMILES string of the molecule is NC(=O)C1=C(O)C2(O)C(=O)C3=C(O)c4c(ccc(NC5CCNCC5)c4O)CC3CC2CC1=O. The van der Waals surface area contributed by atoms with E-state index in [1.54, 1.807) is 12.1 Å². The fourth-order valence-corrected chi connectivity index (χ4v) is 5.90. The Hall–Kier alpha value is -3.37. The zero-order valence-electron chi connectivity index (χ0n) is 18.4. The van der Waals surface area contributed by atoms with Gasteiger partial charge in [-0.15, -0.1) is 0 Å². The summed E-state index contributed by atoms with van der Waals surface area (Å²) < 4.78 is 0. The molecule has 3 atom stereocenters. The van der Waals surface area contributed by atoms with Gasteiger partial charge in [0.1, 0.15) is 22.8 Å². The Kier molecular flexibility index (Phi) is 5.18. The number of phenolic OH excluding ortho intramolecular Hbond substituents is 1. The number of rotatable bonds is 3. The first-order valence-corrected chi connectivity index (χ1v) is 11.4. The summed E-state index contributed by atoms with van der Waals surface area (Å²) in [5.41, 5.74) is 2.90. The Morgan fingerprint density at radius 1 is 1.12 bits per heavy atom. The van der Waals surface area contributed by atoms with Crippen LogP contribution in [-0.2, 0) is 20.8 Å². The summed E-state index contributed by atoms with van der Waals surface area (Å²) >= 11 is 0. The molecule has 8 N–H and O–H groups in total. The predicted molar refractivity (Wildman–Crippen MR) is 121 cm³/mol. The third-order valence-corrected chi connectivity index (χ3v) is 7.63. The predicted octanol–water partition coefficient (Wildman–Crippen LogP) is 0.588. The lowest BCUT2D eigenvalue weighted by Gasteiger charge is -2.46. The van der Waals surface area contributed by atoms with Crippen molar-refractivity contribution >= 4 is 28.9 Å². The van der Waals surface area contributed by atoms with Gasteiger partial charge in [0.2, 0.25) is 5.78 Å². The topological polar surface area (TPSA) is 182 Å². The number of amides is 1. The third kappa shape index (κ3) is 3.13. The summed E-state index contributed by atoms with van der Waals surface area (Å²) in [5, 5.41) is 50.6. The van der Waals surface area contributed by atoms with E-state index >= 15 is 0 Å². The molecule has 2 fully saturated rings. The number of nitrogens with two attached hydrogens (primary N) is 1. The van der Waals surface area contributed by atoms with E-state index in [-0.39, 0.29) is 35.8 Å². The molecule has 1 amide bonds. The first kappa shape index (κ1) is 22.4. The number of ketones is 2. The number of carbonyl (C=O) groups is 3. The molecule has 3 unspecified atom stereocenters. The van der Waals surface area contributed by atoms with Crippen molar-refractivity contribution in [3.63, 3.8) is 0 Å². The summed E-state index contributed by atoms with van der Waals surface area (Å²) in [6.07, 6.45) is 1.83. The Bertz CT molecular complexity index is 1180. The molecule has 1 aliphatic heterocycles. The summed E-state index contributed by atoms with van der Waals surface area (Å²) in [7, 11) is 0. The molecule has 0 radical (unpaired) electrons. The molecule has 1 saturated heterocycles. The second-order valence-corrected chi connectivity index (χ2v) is 9.57. The summed E-state index contributed by atoms with van der Waals surface area (Å²) in [6.45, 7) is 1.70. The summed E-state index contributed by atoms with van der Waals surface area (Å²) in [4.78, 5) is 37.6. The molecule has 5 rings (SSSR count). The molecule has 1 saturated carbocycles. The highest BCUT2D eigenvalue weighted by Gasteiger charge is 2.60. The summed E-state index contributed by atoms with van der Waals surface area (Å²) in [5.74, 6) is -6.18. The van der Waals surface area contributed by atoms with Gasteiger partial charge in [0.25, 0.3) is 5.91 Å². The van der Waals surface area contributed by atoms with E-state index in [4.69, 9.17) is 5.73 Å². The first-order valence-electron chi connectivity index (χ1n) is 11.4. The summed E-state index contributed by atoms with van der Waals surface area (Å²) in [6, 6.07) is 3.67. The van der Waals surface area contributed by atoms with Gasteiger partial charge in [0.05, 0.1) is 11.3 Å². The Morgan fingerprint density at radius 2 is 1.82 bits per heavy atom. The number of primary amides is 1. The van der Waals surface area contributed by atoms with Crippen LogP contribution in [0.3, 0.4) is 0 Å². The average molecular weight is 469 g/mol. The quantitative estimate of drug-likeness (QED) is 0.246. The van der Waals surface area contributed by atoms with Crippen molar-refractivity contribution in [2.24, 2.45) is 17.6 Å². The van der Waals surface area contributed by atoms with Crippen molar-refractivity contribution in [2.45, 2.75) is 43.7 Å². The number of aliphatic hydroxyl groups excluding tert-OH is 2. The van der Waals surface area contributed by atoms with Gasteiger partial charge in [-0.3, -0.25) is 14.4 Å². The fraction of sp³-hybridized carbons (Fsp3) is 0.458. The van der Waals surface area contributed by atoms with Gasteiger partial charge < -0.3 is 36.8 Å². The van der Waals surface area contributed by atoms with E-state index in [1.807, 2.05) is 0 Å².